The molecule has 78 valence electrons. The number of rotatable bonds is 1. The van der Waals surface area contributed by atoms with E-state index in [1.807, 2.05) is 0 Å². The van der Waals surface area contributed by atoms with Gasteiger partial charge in [-0.3, -0.25) is 0 Å². The number of hydrogen-bond acceptors (Lipinski definition) is 5. The lowest BCUT2D eigenvalue weighted by Gasteiger charge is -2.00. The Labute approximate surface area is 94.8 Å². The first kappa shape index (κ1) is 9.23. The van der Waals surface area contributed by atoms with Crippen molar-refractivity contribution >= 4 is 29.1 Å². The molecule has 3 heterocycles. The number of ether oxygens (including phenoxy) is 1. The summed E-state index contributed by atoms with van der Waals surface area (Å²) >= 11 is 8.00. The first-order valence-corrected chi connectivity index (χ1v) is 5.88. The maximum absolute atomic E-state index is 6.21. The van der Waals surface area contributed by atoms with E-state index >= 15 is 0 Å². The molecule has 0 saturated heterocycles. The maximum atomic E-state index is 6.21. The van der Waals surface area contributed by atoms with Crippen LogP contribution < -0.4 is 4.74 Å². The van der Waals surface area contributed by atoms with E-state index in [0.29, 0.717) is 16.9 Å². The summed E-state index contributed by atoms with van der Waals surface area (Å²) in [6, 6.07) is 0.292. The SMILES string of the molecule is COc1nc2nc3c(c(Cl)n2n1)CSC3. The highest BCUT2D eigenvalue weighted by molar-refractivity contribution is 7.98. The van der Waals surface area contributed by atoms with Crippen molar-refractivity contribution in [3.63, 3.8) is 0 Å². The average molecular weight is 243 g/mol. The molecule has 0 amide bonds. The molecule has 0 fully saturated rings. The summed E-state index contributed by atoms with van der Waals surface area (Å²) in [5.41, 5.74) is 2.06. The molecule has 0 aliphatic carbocycles. The van der Waals surface area contributed by atoms with Crippen molar-refractivity contribution in [1.29, 1.82) is 0 Å². The van der Waals surface area contributed by atoms with Crippen molar-refractivity contribution < 1.29 is 4.74 Å². The lowest BCUT2D eigenvalue weighted by molar-refractivity contribution is 0.380. The predicted molar refractivity (Wildman–Crippen MR) is 57.3 cm³/mol. The van der Waals surface area contributed by atoms with Crippen LogP contribution in [0.25, 0.3) is 5.78 Å². The van der Waals surface area contributed by atoms with Crippen molar-refractivity contribution in [2.45, 2.75) is 11.5 Å². The van der Waals surface area contributed by atoms with E-state index in [9.17, 15) is 0 Å². The molecule has 1 aliphatic heterocycles. The fourth-order valence-electron chi connectivity index (χ4n) is 1.52. The Bertz CT molecular complexity index is 541. The molecule has 0 aromatic carbocycles. The average Bonchev–Trinajstić information content (AvgIpc) is 2.83. The Balaban J connectivity index is 2.33. The molecular formula is C8H7ClN4OS. The van der Waals surface area contributed by atoms with E-state index in [-0.39, 0.29) is 0 Å². The maximum Gasteiger partial charge on any atom is 0.337 e. The van der Waals surface area contributed by atoms with Gasteiger partial charge in [-0.25, -0.2) is 4.98 Å². The third kappa shape index (κ3) is 1.28. The molecule has 2 aromatic rings. The summed E-state index contributed by atoms with van der Waals surface area (Å²) in [6.45, 7) is 0. The molecule has 0 bridgehead atoms. The zero-order chi connectivity index (χ0) is 10.4. The highest BCUT2D eigenvalue weighted by Gasteiger charge is 2.21. The molecule has 0 saturated carbocycles. The fraction of sp³-hybridized carbons (Fsp3) is 0.375. The number of hydrogen-bond donors (Lipinski definition) is 0. The largest absolute Gasteiger partial charge is 0.466 e. The number of halogens is 1. The van der Waals surface area contributed by atoms with Crippen LogP contribution in [0.1, 0.15) is 11.3 Å². The van der Waals surface area contributed by atoms with Gasteiger partial charge in [0.05, 0.1) is 12.8 Å². The molecule has 0 spiro atoms. The number of methoxy groups -OCH3 is 1. The second kappa shape index (κ2) is 3.24. The standard InChI is InChI=1S/C8H7ClN4OS/c1-14-8-11-7-10-5-3-15-2-4(5)6(9)13(7)12-8/h2-3H2,1H3. The van der Waals surface area contributed by atoms with Crippen molar-refractivity contribution in [3.05, 3.63) is 16.4 Å². The Hall–Kier alpha value is -1.01. The van der Waals surface area contributed by atoms with Crippen LogP contribution >= 0.6 is 23.4 Å². The summed E-state index contributed by atoms with van der Waals surface area (Å²) in [6.07, 6.45) is 0. The third-order valence-electron chi connectivity index (χ3n) is 2.26. The summed E-state index contributed by atoms with van der Waals surface area (Å²) in [4.78, 5) is 8.48. The smallest absolute Gasteiger partial charge is 0.337 e. The lowest BCUT2D eigenvalue weighted by Crippen LogP contribution is -1.99. The molecule has 3 rings (SSSR count). The van der Waals surface area contributed by atoms with E-state index in [1.54, 1.807) is 11.8 Å². The van der Waals surface area contributed by atoms with Gasteiger partial charge in [0.1, 0.15) is 5.15 Å². The van der Waals surface area contributed by atoms with Gasteiger partial charge in [0, 0.05) is 17.1 Å². The van der Waals surface area contributed by atoms with E-state index in [1.165, 1.54) is 11.6 Å². The highest BCUT2D eigenvalue weighted by Crippen LogP contribution is 2.33. The van der Waals surface area contributed by atoms with Crippen molar-refractivity contribution in [2.75, 3.05) is 7.11 Å². The monoisotopic (exact) mass is 242 g/mol. The molecule has 1 aliphatic rings. The number of aromatic nitrogens is 4. The number of thioether (sulfide) groups is 1. The Morgan fingerprint density at radius 3 is 3.07 bits per heavy atom. The molecular weight excluding hydrogens is 236 g/mol. The molecule has 5 nitrogen and oxygen atoms in total. The van der Waals surface area contributed by atoms with Crippen LogP contribution in [0.5, 0.6) is 6.01 Å². The minimum Gasteiger partial charge on any atom is -0.466 e. The van der Waals surface area contributed by atoms with Gasteiger partial charge in [-0.2, -0.15) is 21.3 Å². The Morgan fingerprint density at radius 1 is 1.40 bits per heavy atom. The molecule has 0 atom stereocenters. The van der Waals surface area contributed by atoms with E-state index in [0.717, 1.165) is 22.8 Å². The topological polar surface area (TPSA) is 52.3 Å². The molecule has 15 heavy (non-hydrogen) atoms. The summed E-state index contributed by atoms with van der Waals surface area (Å²) < 4.78 is 6.46. The lowest BCUT2D eigenvalue weighted by atomic mass is 10.3. The van der Waals surface area contributed by atoms with Crippen molar-refractivity contribution in [2.24, 2.45) is 0 Å². The summed E-state index contributed by atoms with van der Waals surface area (Å²) in [5.74, 6) is 2.28. The van der Waals surface area contributed by atoms with Crippen molar-refractivity contribution in [3.8, 4) is 6.01 Å². The van der Waals surface area contributed by atoms with Gasteiger partial charge in [0.25, 0.3) is 5.78 Å². The van der Waals surface area contributed by atoms with Gasteiger partial charge in [0.15, 0.2) is 0 Å². The first-order chi connectivity index (χ1) is 7.29. The van der Waals surface area contributed by atoms with Gasteiger partial charge in [0.2, 0.25) is 0 Å². The van der Waals surface area contributed by atoms with E-state index < -0.39 is 0 Å². The zero-order valence-electron chi connectivity index (χ0n) is 7.90. The molecule has 7 heteroatoms. The van der Waals surface area contributed by atoms with E-state index in [2.05, 4.69) is 15.1 Å². The molecule has 2 aromatic heterocycles. The number of fused-ring (bicyclic) bond motifs is 2. The van der Waals surface area contributed by atoms with Gasteiger partial charge in [-0.15, -0.1) is 5.10 Å². The minimum atomic E-state index is 0.292. The summed E-state index contributed by atoms with van der Waals surface area (Å²) in [5, 5.41) is 4.68. The van der Waals surface area contributed by atoms with Crippen LogP contribution in [0.4, 0.5) is 0 Å². The zero-order valence-corrected chi connectivity index (χ0v) is 9.47. The second-order valence-electron chi connectivity index (χ2n) is 3.13. The van der Waals surface area contributed by atoms with Crippen LogP contribution in [0.2, 0.25) is 5.15 Å². The van der Waals surface area contributed by atoms with E-state index in [4.69, 9.17) is 16.3 Å². The Kier molecular flexibility index (Phi) is 2.00. The first-order valence-electron chi connectivity index (χ1n) is 4.35. The molecule has 0 radical (unpaired) electrons. The minimum absolute atomic E-state index is 0.292. The Morgan fingerprint density at radius 2 is 2.27 bits per heavy atom. The van der Waals surface area contributed by atoms with Crippen molar-refractivity contribution in [1.82, 2.24) is 19.6 Å². The van der Waals surface area contributed by atoms with Crippen LogP contribution in [-0.2, 0) is 11.5 Å². The molecule has 0 unspecified atom stereocenters. The normalized spacial score (nSPS) is 14.5. The van der Waals surface area contributed by atoms with Crippen LogP contribution in [0, 0.1) is 0 Å². The fourth-order valence-corrected chi connectivity index (χ4v) is 2.93. The quantitative estimate of drug-likeness (QED) is 0.710. The number of nitrogens with zero attached hydrogens (tertiary/aromatic N) is 4. The van der Waals surface area contributed by atoms with Gasteiger partial charge >= 0.3 is 6.01 Å². The molecule has 0 N–H and O–H groups in total. The highest BCUT2D eigenvalue weighted by atomic mass is 35.5. The van der Waals surface area contributed by atoms with Crippen LogP contribution in [0.3, 0.4) is 0 Å². The third-order valence-corrected chi connectivity index (χ3v) is 3.62. The predicted octanol–water partition coefficient (Wildman–Crippen LogP) is 1.53. The second-order valence-corrected chi connectivity index (χ2v) is 4.47. The van der Waals surface area contributed by atoms with Gasteiger partial charge in [-0.1, -0.05) is 11.6 Å². The van der Waals surface area contributed by atoms with Gasteiger partial charge < -0.3 is 4.74 Å². The summed E-state index contributed by atoms with van der Waals surface area (Å²) in [7, 11) is 1.52. The van der Waals surface area contributed by atoms with Crippen LogP contribution in [0.15, 0.2) is 0 Å². The van der Waals surface area contributed by atoms with Gasteiger partial charge in [-0.05, 0) is 0 Å². The van der Waals surface area contributed by atoms with Crippen LogP contribution in [-0.4, -0.2) is 26.7 Å².